The lowest BCUT2D eigenvalue weighted by Gasteiger charge is -2.01. The number of esters is 1. The van der Waals surface area contributed by atoms with Gasteiger partial charge in [-0.3, -0.25) is 0 Å². The van der Waals surface area contributed by atoms with Gasteiger partial charge in [0.15, 0.2) is 0 Å². The average Bonchev–Trinajstić information content (AvgIpc) is 2.51. The smallest absolute Gasteiger partial charge is 0.340 e. The van der Waals surface area contributed by atoms with E-state index in [-0.39, 0.29) is 5.97 Å². The Morgan fingerprint density at radius 3 is 2.75 bits per heavy atom. The molecule has 0 spiro atoms. The van der Waals surface area contributed by atoms with Crippen LogP contribution in [0.5, 0.6) is 0 Å². The first-order valence-electron chi connectivity index (χ1n) is 5.25. The van der Waals surface area contributed by atoms with Crippen LogP contribution in [-0.4, -0.2) is 23.3 Å². The van der Waals surface area contributed by atoms with E-state index in [4.69, 9.17) is 4.74 Å². The molecular weight excluding hydrogens is 222 g/mol. The molecule has 0 saturated heterocycles. The molecule has 1 N–H and O–H groups in total. The number of ether oxygens (including phenoxy) is 1. The van der Waals surface area contributed by atoms with Gasteiger partial charge in [0.2, 0.25) is 0 Å². The molecule has 0 bridgehead atoms. The monoisotopic (exact) mass is 239 g/mol. The minimum absolute atomic E-state index is 0.265. The third-order valence-corrected chi connectivity index (χ3v) is 2.56. The quantitative estimate of drug-likeness (QED) is 0.626. The second kappa shape index (κ2) is 5.80. The summed E-state index contributed by atoms with van der Waals surface area (Å²) in [5, 5.41) is 0. The largest absolute Gasteiger partial charge is 0.462 e. The van der Waals surface area contributed by atoms with Gasteiger partial charge in [-0.1, -0.05) is 6.08 Å². The SMILES string of the molecule is CCOC(=O)c1c(C)[nH]c(C=CCS)c1C. The van der Waals surface area contributed by atoms with E-state index in [2.05, 4.69) is 17.6 Å². The maximum Gasteiger partial charge on any atom is 0.340 e. The molecule has 3 nitrogen and oxygen atoms in total. The molecule has 16 heavy (non-hydrogen) atoms. The number of carbonyl (C=O) groups excluding carboxylic acids is 1. The van der Waals surface area contributed by atoms with E-state index in [0.717, 1.165) is 17.0 Å². The molecule has 1 rings (SSSR count). The zero-order valence-electron chi connectivity index (χ0n) is 9.83. The van der Waals surface area contributed by atoms with Crippen molar-refractivity contribution < 1.29 is 9.53 Å². The van der Waals surface area contributed by atoms with Gasteiger partial charge >= 0.3 is 5.97 Å². The first-order valence-corrected chi connectivity index (χ1v) is 5.88. The third kappa shape index (κ3) is 2.70. The summed E-state index contributed by atoms with van der Waals surface area (Å²) in [5.74, 6) is 0.408. The number of aromatic nitrogens is 1. The number of aromatic amines is 1. The summed E-state index contributed by atoms with van der Waals surface area (Å²) >= 11 is 4.10. The van der Waals surface area contributed by atoms with E-state index in [1.54, 1.807) is 6.92 Å². The lowest BCUT2D eigenvalue weighted by atomic mass is 10.1. The van der Waals surface area contributed by atoms with Crippen LogP contribution in [0.4, 0.5) is 0 Å². The van der Waals surface area contributed by atoms with Crippen molar-refractivity contribution in [1.82, 2.24) is 4.98 Å². The van der Waals surface area contributed by atoms with Crippen molar-refractivity contribution in [2.24, 2.45) is 0 Å². The van der Waals surface area contributed by atoms with Crippen LogP contribution >= 0.6 is 12.6 Å². The van der Waals surface area contributed by atoms with Crippen LogP contribution in [0, 0.1) is 13.8 Å². The summed E-state index contributed by atoms with van der Waals surface area (Å²) < 4.78 is 5.01. The molecule has 4 heteroatoms. The first-order chi connectivity index (χ1) is 7.61. The molecule has 88 valence electrons. The predicted molar refractivity (Wildman–Crippen MR) is 69.1 cm³/mol. The lowest BCUT2D eigenvalue weighted by Crippen LogP contribution is -2.06. The highest BCUT2D eigenvalue weighted by Gasteiger charge is 2.17. The van der Waals surface area contributed by atoms with Crippen LogP contribution in [0.1, 0.15) is 34.2 Å². The van der Waals surface area contributed by atoms with Crippen LogP contribution in [0.15, 0.2) is 6.08 Å². The van der Waals surface area contributed by atoms with Crippen LogP contribution in [0.3, 0.4) is 0 Å². The topological polar surface area (TPSA) is 42.1 Å². The minimum atomic E-state index is -0.265. The van der Waals surface area contributed by atoms with Crippen LogP contribution < -0.4 is 0 Å². The molecule has 1 aromatic heterocycles. The van der Waals surface area contributed by atoms with E-state index < -0.39 is 0 Å². The number of hydrogen-bond acceptors (Lipinski definition) is 3. The molecule has 0 saturated carbocycles. The average molecular weight is 239 g/mol. The van der Waals surface area contributed by atoms with Crippen molar-refractivity contribution in [3.8, 4) is 0 Å². The molecule has 0 aliphatic carbocycles. The zero-order valence-corrected chi connectivity index (χ0v) is 10.7. The highest BCUT2D eigenvalue weighted by Crippen LogP contribution is 2.20. The van der Waals surface area contributed by atoms with Gasteiger partial charge in [0.1, 0.15) is 0 Å². The van der Waals surface area contributed by atoms with Gasteiger partial charge in [-0.15, -0.1) is 0 Å². The van der Waals surface area contributed by atoms with E-state index in [0.29, 0.717) is 17.9 Å². The summed E-state index contributed by atoms with van der Waals surface area (Å²) in [6, 6.07) is 0. The van der Waals surface area contributed by atoms with E-state index in [1.807, 2.05) is 26.0 Å². The van der Waals surface area contributed by atoms with Gasteiger partial charge in [0, 0.05) is 17.1 Å². The Bertz CT molecular complexity index is 407. The van der Waals surface area contributed by atoms with Gasteiger partial charge in [-0.2, -0.15) is 12.6 Å². The van der Waals surface area contributed by atoms with Gasteiger partial charge in [-0.25, -0.2) is 4.79 Å². The standard InChI is InChI=1S/C12H17NO2S/c1-4-15-12(14)11-8(2)10(6-5-7-16)13-9(11)3/h5-6,13,16H,4,7H2,1-3H3. The Hall–Kier alpha value is -1.16. The fourth-order valence-electron chi connectivity index (χ4n) is 1.62. The molecule has 0 radical (unpaired) electrons. The van der Waals surface area contributed by atoms with Gasteiger partial charge in [0.25, 0.3) is 0 Å². The van der Waals surface area contributed by atoms with Crippen molar-refractivity contribution >= 4 is 24.7 Å². The summed E-state index contributed by atoms with van der Waals surface area (Å²) in [6.07, 6.45) is 3.86. The molecule has 0 aliphatic rings. The molecule has 0 aliphatic heterocycles. The lowest BCUT2D eigenvalue weighted by molar-refractivity contribution is 0.0525. The summed E-state index contributed by atoms with van der Waals surface area (Å²) in [4.78, 5) is 14.9. The van der Waals surface area contributed by atoms with Crippen LogP contribution in [-0.2, 0) is 4.74 Å². The first kappa shape index (κ1) is 12.9. The predicted octanol–water partition coefficient (Wildman–Crippen LogP) is 2.75. The third-order valence-electron chi connectivity index (χ3n) is 2.35. The normalized spacial score (nSPS) is 11.0. The zero-order chi connectivity index (χ0) is 12.1. The van der Waals surface area contributed by atoms with Crippen molar-refractivity contribution in [1.29, 1.82) is 0 Å². The molecule has 1 heterocycles. The van der Waals surface area contributed by atoms with Crippen molar-refractivity contribution in [3.63, 3.8) is 0 Å². The minimum Gasteiger partial charge on any atom is -0.462 e. The van der Waals surface area contributed by atoms with Crippen molar-refractivity contribution in [2.75, 3.05) is 12.4 Å². The molecule has 0 fully saturated rings. The Labute approximate surface area is 101 Å². The Balaban J connectivity index is 3.06. The number of hydrogen-bond donors (Lipinski definition) is 2. The van der Waals surface area contributed by atoms with E-state index in [1.165, 1.54) is 0 Å². The fourth-order valence-corrected chi connectivity index (χ4v) is 1.73. The summed E-state index contributed by atoms with van der Waals surface area (Å²) in [6.45, 7) is 5.98. The summed E-state index contributed by atoms with van der Waals surface area (Å²) in [7, 11) is 0. The maximum absolute atomic E-state index is 11.7. The molecular formula is C12H17NO2S. The maximum atomic E-state index is 11.7. The highest BCUT2D eigenvalue weighted by molar-refractivity contribution is 7.80. The number of carbonyl (C=O) groups is 1. The Morgan fingerprint density at radius 1 is 1.50 bits per heavy atom. The summed E-state index contributed by atoms with van der Waals surface area (Å²) in [5.41, 5.74) is 3.35. The van der Waals surface area contributed by atoms with E-state index in [9.17, 15) is 4.79 Å². The van der Waals surface area contributed by atoms with Gasteiger partial charge < -0.3 is 9.72 Å². The van der Waals surface area contributed by atoms with Crippen molar-refractivity contribution in [2.45, 2.75) is 20.8 Å². The van der Waals surface area contributed by atoms with Gasteiger partial charge in [-0.05, 0) is 32.4 Å². The van der Waals surface area contributed by atoms with E-state index >= 15 is 0 Å². The number of rotatable bonds is 4. The Morgan fingerprint density at radius 2 is 2.19 bits per heavy atom. The Kier molecular flexibility index (Phi) is 4.68. The van der Waals surface area contributed by atoms with Crippen LogP contribution in [0.25, 0.3) is 6.08 Å². The number of nitrogens with one attached hydrogen (secondary N) is 1. The second-order valence-corrected chi connectivity index (χ2v) is 3.83. The molecule has 0 unspecified atom stereocenters. The number of aryl methyl sites for hydroxylation is 1. The molecule has 0 aromatic carbocycles. The fraction of sp³-hybridized carbons (Fsp3) is 0.417. The van der Waals surface area contributed by atoms with Crippen LogP contribution in [0.2, 0.25) is 0 Å². The number of H-pyrrole nitrogens is 1. The second-order valence-electron chi connectivity index (χ2n) is 3.47. The van der Waals surface area contributed by atoms with Gasteiger partial charge in [0.05, 0.1) is 12.2 Å². The highest BCUT2D eigenvalue weighted by atomic mass is 32.1. The molecule has 0 amide bonds. The number of thiol groups is 1. The molecule has 1 aromatic rings. The molecule has 0 atom stereocenters. The van der Waals surface area contributed by atoms with Crippen molar-refractivity contribution in [3.05, 3.63) is 28.6 Å².